The predicted molar refractivity (Wildman–Crippen MR) is 127 cm³/mol. The Morgan fingerprint density at radius 3 is 1.40 bits per heavy atom. The molecule has 0 aliphatic rings. The molecule has 1 aromatic rings. The maximum absolute atomic E-state index is 12.4. The summed E-state index contributed by atoms with van der Waals surface area (Å²) in [6.45, 7) is 6.48. The van der Waals surface area contributed by atoms with Crippen molar-refractivity contribution in [2.75, 3.05) is 107 Å². The van der Waals surface area contributed by atoms with Gasteiger partial charge in [0.25, 0.3) is 0 Å². The van der Waals surface area contributed by atoms with Crippen LogP contribution in [-0.4, -0.2) is 113 Å². The Balaban J connectivity index is 2.96. The van der Waals surface area contributed by atoms with Gasteiger partial charge in [0.15, 0.2) is 11.5 Å². The zero-order valence-electron chi connectivity index (χ0n) is 21.3. The number of rotatable bonds is 23. The highest BCUT2D eigenvalue weighted by Gasteiger charge is 2.20. The molecule has 0 atom stereocenters. The van der Waals surface area contributed by atoms with Gasteiger partial charge in [-0.25, -0.2) is 4.79 Å². The monoisotopic (exact) mass is 504 g/mol. The third kappa shape index (κ3) is 14.1. The Bertz CT molecular complexity index is 632. The van der Waals surface area contributed by atoms with Gasteiger partial charge in [-0.1, -0.05) is 0 Å². The van der Waals surface area contributed by atoms with Crippen LogP contribution in [0.25, 0.3) is 0 Å². The van der Waals surface area contributed by atoms with Gasteiger partial charge in [0, 0.05) is 21.3 Å². The number of benzene rings is 1. The maximum Gasteiger partial charge on any atom is 0.338 e. The van der Waals surface area contributed by atoms with Crippen LogP contribution in [0, 0.1) is 0 Å². The molecule has 0 amide bonds. The molecule has 0 fully saturated rings. The molecule has 0 aliphatic heterocycles. The van der Waals surface area contributed by atoms with Crippen LogP contribution in [0.3, 0.4) is 0 Å². The average molecular weight is 505 g/mol. The first-order valence-electron chi connectivity index (χ1n) is 11.6. The number of methoxy groups -OCH3 is 3. The number of hydrogen-bond donors (Lipinski definition) is 0. The molecule has 11 heteroatoms. The minimum absolute atomic E-state index is 0.232. The molecular weight excluding hydrogens is 464 g/mol. The van der Waals surface area contributed by atoms with Crippen molar-refractivity contribution < 1.29 is 52.2 Å². The van der Waals surface area contributed by atoms with Crippen LogP contribution >= 0.6 is 0 Å². The smallest absolute Gasteiger partial charge is 0.338 e. The van der Waals surface area contributed by atoms with Gasteiger partial charge in [-0.05, 0) is 19.1 Å². The Morgan fingerprint density at radius 2 is 1.00 bits per heavy atom. The van der Waals surface area contributed by atoms with Gasteiger partial charge in [-0.3, -0.25) is 0 Å². The summed E-state index contributed by atoms with van der Waals surface area (Å²) in [4.78, 5) is 12.4. The summed E-state index contributed by atoms with van der Waals surface area (Å²) >= 11 is 0. The summed E-state index contributed by atoms with van der Waals surface area (Å²) in [5, 5.41) is 0. The van der Waals surface area contributed by atoms with Crippen LogP contribution in [0.15, 0.2) is 12.1 Å². The highest BCUT2D eigenvalue weighted by Crippen LogP contribution is 2.39. The van der Waals surface area contributed by atoms with E-state index in [1.807, 2.05) is 0 Å². The van der Waals surface area contributed by atoms with E-state index in [4.69, 9.17) is 47.4 Å². The van der Waals surface area contributed by atoms with Crippen molar-refractivity contribution in [3.63, 3.8) is 0 Å². The number of esters is 1. The van der Waals surface area contributed by atoms with Crippen molar-refractivity contribution in [2.45, 2.75) is 6.92 Å². The maximum atomic E-state index is 12.4. The van der Waals surface area contributed by atoms with Crippen LogP contribution in [0.5, 0.6) is 17.2 Å². The first-order chi connectivity index (χ1) is 17.2. The first-order valence-corrected chi connectivity index (χ1v) is 11.6. The molecule has 0 heterocycles. The molecule has 0 spiro atoms. The van der Waals surface area contributed by atoms with E-state index in [9.17, 15) is 4.79 Å². The molecule has 0 bridgehead atoms. The molecule has 0 saturated carbocycles. The molecule has 0 unspecified atom stereocenters. The van der Waals surface area contributed by atoms with Crippen molar-refractivity contribution in [3.8, 4) is 17.2 Å². The number of carbonyl (C=O) groups excluding carboxylic acids is 1. The van der Waals surface area contributed by atoms with E-state index < -0.39 is 5.97 Å². The van der Waals surface area contributed by atoms with E-state index in [-0.39, 0.29) is 32.0 Å². The fraction of sp³-hybridized carbons (Fsp3) is 0.708. The summed E-state index contributed by atoms with van der Waals surface area (Å²) in [6, 6.07) is 3.13. The summed E-state index contributed by atoms with van der Waals surface area (Å²) in [7, 11) is 4.82. The summed E-state index contributed by atoms with van der Waals surface area (Å²) in [5.74, 6) is 0.516. The molecule has 202 valence electrons. The summed E-state index contributed by atoms with van der Waals surface area (Å²) in [5.41, 5.74) is 0.279. The highest BCUT2D eigenvalue weighted by atomic mass is 16.6. The lowest BCUT2D eigenvalue weighted by atomic mass is 10.2. The Morgan fingerprint density at radius 1 is 0.600 bits per heavy atom. The summed E-state index contributed by atoms with van der Waals surface area (Å²) < 4.78 is 54.2. The van der Waals surface area contributed by atoms with E-state index in [0.717, 1.165) is 0 Å². The minimum atomic E-state index is -0.496. The van der Waals surface area contributed by atoms with Gasteiger partial charge in [0.05, 0.1) is 71.6 Å². The quantitative estimate of drug-likeness (QED) is 0.161. The molecule has 35 heavy (non-hydrogen) atoms. The Kier molecular flexibility index (Phi) is 18.7. The zero-order chi connectivity index (χ0) is 25.6. The molecular formula is C24H40O11. The van der Waals surface area contributed by atoms with E-state index in [1.54, 1.807) is 40.4 Å². The molecule has 0 radical (unpaired) electrons. The van der Waals surface area contributed by atoms with Gasteiger partial charge in [-0.15, -0.1) is 0 Å². The van der Waals surface area contributed by atoms with Crippen molar-refractivity contribution >= 4 is 5.97 Å². The van der Waals surface area contributed by atoms with Crippen LogP contribution in [0.4, 0.5) is 0 Å². The van der Waals surface area contributed by atoms with Gasteiger partial charge in [0.2, 0.25) is 5.75 Å². The van der Waals surface area contributed by atoms with E-state index >= 15 is 0 Å². The van der Waals surface area contributed by atoms with Crippen molar-refractivity contribution in [2.24, 2.45) is 0 Å². The largest absolute Gasteiger partial charge is 0.487 e. The minimum Gasteiger partial charge on any atom is -0.487 e. The van der Waals surface area contributed by atoms with Crippen molar-refractivity contribution in [3.05, 3.63) is 17.7 Å². The Labute approximate surface area is 207 Å². The van der Waals surface area contributed by atoms with E-state index in [1.165, 1.54) is 0 Å². The first kappa shape index (κ1) is 30.9. The third-order valence-electron chi connectivity index (χ3n) is 4.27. The second-order valence-electron chi connectivity index (χ2n) is 6.88. The zero-order valence-corrected chi connectivity index (χ0v) is 21.3. The van der Waals surface area contributed by atoms with Gasteiger partial charge in [0.1, 0.15) is 19.8 Å². The molecule has 1 rings (SSSR count). The van der Waals surface area contributed by atoms with Gasteiger partial charge in [-0.2, -0.15) is 0 Å². The predicted octanol–water partition coefficient (Wildman–Crippen LogP) is 1.99. The SMILES string of the molecule is CCOC(=O)c1cc(OCCOCCOC)c(OCCOCCOC)c(OCCOCCOC)c1. The molecule has 0 saturated heterocycles. The lowest BCUT2D eigenvalue weighted by Gasteiger charge is -2.18. The number of carbonyl (C=O) groups is 1. The molecule has 11 nitrogen and oxygen atoms in total. The highest BCUT2D eigenvalue weighted by molar-refractivity contribution is 5.91. The number of hydrogen-bond acceptors (Lipinski definition) is 11. The van der Waals surface area contributed by atoms with Crippen molar-refractivity contribution in [1.29, 1.82) is 0 Å². The van der Waals surface area contributed by atoms with Crippen molar-refractivity contribution in [1.82, 2.24) is 0 Å². The lowest BCUT2D eigenvalue weighted by Crippen LogP contribution is -2.15. The standard InChI is InChI=1S/C24H40O11/c1-5-32-24(25)20-18-21(33-15-12-29-9-6-26-2)23(35-17-14-31-11-8-28-4)22(19-20)34-16-13-30-10-7-27-3/h18-19H,5-17H2,1-4H3. The Hall–Kier alpha value is -2.15. The molecule has 0 N–H and O–H groups in total. The van der Waals surface area contributed by atoms with Crippen LogP contribution < -0.4 is 14.2 Å². The topological polar surface area (TPSA) is 109 Å². The normalized spacial score (nSPS) is 10.9. The second kappa shape index (κ2) is 21.2. The second-order valence-corrected chi connectivity index (χ2v) is 6.88. The lowest BCUT2D eigenvalue weighted by molar-refractivity contribution is 0.0463. The molecule has 0 aromatic heterocycles. The van der Waals surface area contributed by atoms with Crippen LogP contribution in [0.2, 0.25) is 0 Å². The fourth-order valence-corrected chi connectivity index (χ4v) is 2.62. The van der Waals surface area contributed by atoms with Crippen LogP contribution in [0.1, 0.15) is 17.3 Å². The average Bonchev–Trinajstić information content (AvgIpc) is 2.86. The fourth-order valence-electron chi connectivity index (χ4n) is 2.62. The number of ether oxygens (including phenoxy) is 10. The van der Waals surface area contributed by atoms with Gasteiger partial charge < -0.3 is 47.4 Å². The van der Waals surface area contributed by atoms with E-state index in [2.05, 4.69) is 0 Å². The van der Waals surface area contributed by atoms with Gasteiger partial charge >= 0.3 is 5.97 Å². The summed E-state index contributed by atoms with van der Waals surface area (Å²) in [6.07, 6.45) is 0. The molecule has 0 aliphatic carbocycles. The third-order valence-corrected chi connectivity index (χ3v) is 4.27. The van der Waals surface area contributed by atoms with Crippen LogP contribution in [-0.2, 0) is 33.2 Å². The van der Waals surface area contributed by atoms with E-state index in [0.29, 0.717) is 76.7 Å². The molecule has 1 aromatic carbocycles.